The van der Waals surface area contributed by atoms with Crippen molar-refractivity contribution in [2.45, 2.75) is 64.1 Å². The molecular weight excluding hydrogens is 342 g/mol. The van der Waals surface area contributed by atoms with E-state index in [0.717, 1.165) is 49.5 Å². The number of carbonyl (C=O) groups is 1. The zero-order valence-electron chi connectivity index (χ0n) is 16.4. The summed E-state index contributed by atoms with van der Waals surface area (Å²) in [5, 5.41) is 10.9. The second kappa shape index (κ2) is 8.41. The smallest absolute Gasteiger partial charge is 0.246 e. The predicted molar refractivity (Wildman–Crippen MR) is 105 cm³/mol. The van der Waals surface area contributed by atoms with Crippen molar-refractivity contribution in [1.29, 1.82) is 0 Å². The van der Waals surface area contributed by atoms with Gasteiger partial charge in [0.25, 0.3) is 0 Å². The Balaban J connectivity index is 1.77. The normalized spacial score (nSPS) is 17.1. The molecule has 0 bridgehead atoms. The maximum absolute atomic E-state index is 13.3. The molecule has 1 amide bonds. The molecule has 1 fully saturated rings. The molecule has 0 saturated heterocycles. The van der Waals surface area contributed by atoms with E-state index in [4.69, 9.17) is 4.74 Å². The van der Waals surface area contributed by atoms with Crippen molar-refractivity contribution in [1.82, 2.24) is 20.1 Å². The van der Waals surface area contributed by atoms with E-state index in [1.165, 1.54) is 12.7 Å². The third-order valence-electron chi connectivity index (χ3n) is 5.30. The molecule has 27 heavy (non-hydrogen) atoms. The molecule has 3 rings (SSSR count). The van der Waals surface area contributed by atoms with Crippen molar-refractivity contribution in [3.8, 4) is 5.75 Å². The molecule has 1 atom stereocenters. The molecule has 1 heterocycles. The van der Waals surface area contributed by atoms with Gasteiger partial charge in [0, 0.05) is 12.2 Å². The van der Waals surface area contributed by atoms with Crippen LogP contribution in [0.5, 0.6) is 5.75 Å². The van der Waals surface area contributed by atoms with Gasteiger partial charge in [0.1, 0.15) is 23.4 Å². The monoisotopic (exact) mass is 371 g/mol. The topological polar surface area (TPSA) is 81.1 Å². The molecule has 1 aromatic heterocycles. The van der Waals surface area contributed by atoms with Crippen molar-refractivity contribution < 1.29 is 9.53 Å². The number of amides is 1. The van der Waals surface area contributed by atoms with Gasteiger partial charge in [-0.25, -0.2) is 9.67 Å². The molecular formula is C20H29N5O2. The Kier molecular flexibility index (Phi) is 5.98. The van der Waals surface area contributed by atoms with Crippen molar-refractivity contribution in [2.24, 2.45) is 0 Å². The number of rotatable bonds is 7. The predicted octanol–water partition coefficient (Wildman–Crippen LogP) is 3.30. The standard InChI is InChI=1S/C20H29N5O2/c1-4-25-18(21-14-22-25)15(2)23-19(26)20(12-6-5-7-13-20)24-16-8-10-17(27-3)11-9-16/h8-11,14-15,24H,4-7,12-13H2,1-3H3,(H,23,26). The molecule has 0 radical (unpaired) electrons. The second-order valence-corrected chi connectivity index (χ2v) is 7.13. The van der Waals surface area contributed by atoms with Crippen LogP contribution in [0.3, 0.4) is 0 Å². The number of aromatic nitrogens is 3. The van der Waals surface area contributed by atoms with Gasteiger partial charge in [-0.05, 0) is 51.0 Å². The van der Waals surface area contributed by atoms with Crippen LogP contribution < -0.4 is 15.4 Å². The number of nitrogens with one attached hydrogen (secondary N) is 2. The zero-order chi connectivity index (χ0) is 19.3. The summed E-state index contributed by atoms with van der Waals surface area (Å²) in [7, 11) is 1.65. The fraction of sp³-hybridized carbons (Fsp3) is 0.550. The van der Waals surface area contributed by atoms with E-state index in [0.29, 0.717) is 0 Å². The number of carbonyl (C=O) groups excluding carboxylic acids is 1. The molecule has 7 nitrogen and oxygen atoms in total. The fourth-order valence-corrected chi connectivity index (χ4v) is 3.77. The maximum atomic E-state index is 13.3. The van der Waals surface area contributed by atoms with Gasteiger partial charge in [0.15, 0.2) is 0 Å². The van der Waals surface area contributed by atoms with E-state index in [9.17, 15) is 4.79 Å². The summed E-state index contributed by atoms with van der Waals surface area (Å²) in [6, 6.07) is 7.53. The lowest BCUT2D eigenvalue weighted by Gasteiger charge is -2.38. The third-order valence-corrected chi connectivity index (χ3v) is 5.30. The van der Waals surface area contributed by atoms with E-state index >= 15 is 0 Å². The number of aryl methyl sites for hydroxylation is 1. The van der Waals surface area contributed by atoms with E-state index in [-0.39, 0.29) is 11.9 Å². The lowest BCUT2D eigenvalue weighted by atomic mass is 9.80. The van der Waals surface area contributed by atoms with Crippen molar-refractivity contribution in [3.63, 3.8) is 0 Å². The molecule has 7 heteroatoms. The summed E-state index contributed by atoms with van der Waals surface area (Å²) in [5.74, 6) is 1.60. The van der Waals surface area contributed by atoms with E-state index in [1.54, 1.807) is 7.11 Å². The molecule has 0 spiro atoms. The summed E-state index contributed by atoms with van der Waals surface area (Å²) >= 11 is 0. The molecule has 2 N–H and O–H groups in total. The van der Waals surface area contributed by atoms with Gasteiger partial charge in [-0.3, -0.25) is 4.79 Å². The molecule has 1 aromatic carbocycles. The second-order valence-electron chi connectivity index (χ2n) is 7.13. The highest BCUT2D eigenvalue weighted by Crippen LogP contribution is 2.33. The number of hydrogen-bond donors (Lipinski definition) is 2. The first kappa shape index (κ1) is 19.2. The van der Waals surface area contributed by atoms with E-state index < -0.39 is 5.54 Å². The van der Waals surface area contributed by atoms with Crippen LogP contribution in [0.2, 0.25) is 0 Å². The summed E-state index contributed by atoms with van der Waals surface area (Å²) in [4.78, 5) is 17.6. The highest BCUT2D eigenvalue weighted by Gasteiger charge is 2.40. The number of benzene rings is 1. The van der Waals surface area contributed by atoms with Crippen LogP contribution in [0, 0.1) is 0 Å². The first-order chi connectivity index (χ1) is 13.1. The SMILES string of the molecule is CCn1ncnc1C(C)NC(=O)C1(Nc2ccc(OC)cc2)CCCCC1. The maximum Gasteiger partial charge on any atom is 0.246 e. The van der Waals surface area contributed by atoms with Gasteiger partial charge in [0.2, 0.25) is 5.91 Å². The van der Waals surface area contributed by atoms with Gasteiger partial charge in [-0.15, -0.1) is 0 Å². The number of ether oxygens (including phenoxy) is 1. The van der Waals surface area contributed by atoms with Gasteiger partial charge >= 0.3 is 0 Å². The Morgan fingerprint density at radius 3 is 2.59 bits per heavy atom. The molecule has 1 aliphatic rings. The number of nitrogens with zero attached hydrogens (tertiary/aromatic N) is 3. The Morgan fingerprint density at radius 2 is 1.96 bits per heavy atom. The largest absolute Gasteiger partial charge is 0.497 e. The van der Waals surface area contributed by atoms with Crippen LogP contribution in [0.4, 0.5) is 5.69 Å². The number of anilines is 1. The van der Waals surface area contributed by atoms with Crippen LogP contribution >= 0.6 is 0 Å². The van der Waals surface area contributed by atoms with Crippen LogP contribution in [-0.4, -0.2) is 33.3 Å². The first-order valence-electron chi connectivity index (χ1n) is 9.69. The van der Waals surface area contributed by atoms with Gasteiger partial charge in [-0.2, -0.15) is 5.10 Å². The summed E-state index contributed by atoms with van der Waals surface area (Å²) in [6.07, 6.45) is 6.41. The van der Waals surface area contributed by atoms with Gasteiger partial charge in [0.05, 0.1) is 13.2 Å². The van der Waals surface area contributed by atoms with E-state index in [2.05, 4.69) is 20.7 Å². The Morgan fingerprint density at radius 1 is 1.26 bits per heavy atom. The van der Waals surface area contributed by atoms with Gasteiger partial charge in [-0.1, -0.05) is 19.3 Å². The zero-order valence-corrected chi connectivity index (χ0v) is 16.4. The molecule has 1 saturated carbocycles. The Hall–Kier alpha value is -2.57. The van der Waals surface area contributed by atoms with Crippen molar-refractivity contribution >= 4 is 11.6 Å². The molecule has 0 aliphatic heterocycles. The molecule has 1 aliphatic carbocycles. The lowest BCUT2D eigenvalue weighted by Crippen LogP contribution is -2.54. The minimum absolute atomic E-state index is 0.0242. The highest BCUT2D eigenvalue weighted by atomic mass is 16.5. The van der Waals surface area contributed by atoms with Crippen LogP contribution in [-0.2, 0) is 11.3 Å². The highest BCUT2D eigenvalue weighted by molar-refractivity contribution is 5.89. The molecule has 2 aromatic rings. The molecule has 1 unspecified atom stereocenters. The minimum Gasteiger partial charge on any atom is -0.497 e. The summed E-state index contributed by atoms with van der Waals surface area (Å²) in [5.41, 5.74) is 0.329. The quantitative estimate of drug-likeness (QED) is 0.780. The summed E-state index contributed by atoms with van der Waals surface area (Å²) < 4.78 is 7.04. The average molecular weight is 371 g/mol. The lowest BCUT2D eigenvalue weighted by molar-refractivity contribution is -0.127. The van der Waals surface area contributed by atoms with Gasteiger partial charge < -0.3 is 15.4 Å². The number of hydrogen-bond acceptors (Lipinski definition) is 5. The first-order valence-corrected chi connectivity index (χ1v) is 9.69. The number of methoxy groups -OCH3 is 1. The van der Waals surface area contributed by atoms with Crippen LogP contribution in [0.15, 0.2) is 30.6 Å². The van der Waals surface area contributed by atoms with Crippen LogP contribution in [0.1, 0.15) is 57.8 Å². The van der Waals surface area contributed by atoms with Crippen molar-refractivity contribution in [3.05, 3.63) is 36.4 Å². The Labute approximate surface area is 160 Å². The van der Waals surface area contributed by atoms with Crippen LogP contribution in [0.25, 0.3) is 0 Å². The summed E-state index contributed by atoms with van der Waals surface area (Å²) in [6.45, 7) is 4.70. The third kappa shape index (κ3) is 4.23. The Bertz CT molecular complexity index is 750. The fourth-order valence-electron chi connectivity index (χ4n) is 3.77. The van der Waals surface area contributed by atoms with Crippen molar-refractivity contribution in [2.75, 3.05) is 12.4 Å². The van der Waals surface area contributed by atoms with E-state index in [1.807, 2.05) is 42.8 Å². The minimum atomic E-state index is -0.599. The molecule has 146 valence electrons. The average Bonchev–Trinajstić information content (AvgIpc) is 3.18.